The summed E-state index contributed by atoms with van der Waals surface area (Å²) >= 11 is 0. The van der Waals surface area contributed by atoms with Crippen LogP contribution in [0.15, 0.2) is 0 Å². The van der Waals surface area contributed by atoms with E-state index in [9.17, 15) is 9.59 Å². The lowest BCUT2D eigenvalue weighted by atomic mass is 10.9. The van der Waals surface area contributed by atoms with Crippen molar-refractivity contribution in [3.63, 3.8) is 0 Å². The van der Waals surface area contributed by atoms with Crippen LogP contribution in [0.4, 0.5) is 4.79 Å². The number of hydrogen-bond acceptors (Lipinski definition) is 4. The third kappa shape index (κ3) is 4.89. The highest BCUT2D eigenvalue weighted by Crippen LogP contribution is 1.81. The van der Waals surface area contributed by atoms with Crippen LogP contribution in [-0.2, 0) is 14.3 Å². The van der Waals surface area contributed by atoms with Gasteiger partial charge < -0.3 is 14.8 Å². The maximum atomic E-state index is 10.3. The van der Waals surface area contributed by atoms with Gasteiger partial charge in [0.2, 0.25) is 6.41 Å². The number of carbonyl (C=O) groups excluding carboxylic acids is 2. The molecule has 58 valence electrons. The molecule has 0 aromatic rings. The van der Waals surface area contributed by atoms with Crippen LogP contribution in [-0.4, -0.2) is 25.9 Å². The van der Waals surface area contributed by atoms with Gasteiger partial charge >= 0.3 is 6.16 Å². The normalized spacial score (nSPS) is 8.10. The van der Waals surface area contributed by atoms with Gasteiger partial charge in [0, 0.05) is 0 Å². The van der Waals surface area contributed by atoms with E-state index < -0.39 is 6.16 Å². The van der Waals surface area contributed by atoms with E-state index in [1.54, 1.807) is 6.92 Å². The topological polar surface area (TPSA) is 64.6 Å². The molecule has 0 aliphatic rings. The van der Waals surface area contributed by atoms with Crippen molar-refractivity contribution in [2.75, 3.05) is 13.3 Å². The van der Waals surface area contributed by atoms with Crippen LogP contribution in [0.1, 0.15) is 6.92 Å². The van der Waals surface area contributed by atoms with Crippen molar-refractivity contribution in [1.82, 2.24) is 5.32 Å². The lowest BCUT2D eigenvalue weighted by molar-refractivity contribution is -0.110. The Labute approximate surface area is 58.3 Å². The van der Waals surface area contributed by atoms with Crippen LogP contribution in [0.25, 0.3) is 0 Å². The van der Waals surface area contributed by atoms with Gasteiger partial charge in [0.25, 0.3) is 0 Å². The molecule has 0 bridgehead atoms. The Hall–Kier alpha value is -1.26. The van der Waals surface area contributed by atoms with Crippen LogP contribution in [0.2, 0.25) is 0 Å². The van der Waals surface area contributed by atoms with Gasteiger partial charge in [-0.2, -0.15) is 0 Å². The minimum Gasteiger partial charge on any atom is -0.435 e. The van der Waals surface area contributed by atoms with Crippen molar-refractivity contribution in [2.45, 2.75) is 6.92 Å². The molecule has 0 aromatic heterocycles. The van der Waals surface area contributed by atoms with E-state index in [1.165, 1.54) is 0 Å². The second kappa shape index (κ2) is 5.87. The first-order valence-corrected chi connectivity index (χ1v) is 2.77. The second-order valence-electron chi connectivity index (χ2n) is 1.29. The van der Waals surface area contributed by atoms with E-state index in [4.69, 9.17) is 0 Å². The average molecular weight is 147 g/mol. The number of carbonyl (C=O) groups is 2. The Kier molecular flexibility index (Phi) is 5.13. The van der Waals surface area contributed by atoms with Gasteiger partial charge in [-0.25, -0.2) is 4.79 Å². The summed E-state index contributed by atoms with van der Waals surface area (Å²) in [5, 5.41) is 2.13. The predicted molar refractivity (Wildman–Crippen MR) is 32.2 cm³/mol. The lowest BCUT2D eigenvalue weighted by Crippen LogP contribution is -2.19. The number of rotatable bonds is 4. The molecule has 0 saturated carbocycles. The van der Waals surface area contributed by atoms with Gasteiger partial charge in [-0.3, -0.25) is 4.79 Å². The van der Waals surface area contributed by atoms with Crippen molar-refractivity contribution in [1.29, 1.82) is 0 Å². The molecule has 10 heavy (non-hydrogen) atoms. The number of ether oxygens (including phenoxy) is 2. The van der Waals surface area contributed by atoms with Gasteiger partial charge in [0.15, 0.2) is 6.73 Å². The minimum atomic E-state index is -0.781. The zero-order valence-corrected chi connectivity index (χ0v) is 5.62. The molecule has 0 fully saturated rings. The summed E-state index contributed by atoms with van der Waals surface area (Å²) in [6.07, 6.45) is -0.351. The Balaban J connectivity index is 3.13. The molecular weight excluding hydrogens is 138 g/mol. The van der Waals surface area contributed by atoms with E-state index >= 15 is 0 Å². The largest absolute Gasteiger partial charge is 0.509 e. The Morgan fingerprint density at radius 2 is 2.30 bits per heavy atom. The molecular formula is C5H9NO4. The molecule has 5 nitrogen and oxygen atoms in total. The molecule has 0 atom stereocenters. The first kappa shape index (κ1) is 8.74. The number of hydrogen-bond donors (Lipinski definition) is 1. The average Bonchev–Trinajstić information content (AvgIpc) is 1.89. The van der Waals surface area contributed by atoms with E-state index in [1.807, 2.05) is 0 Å². The number of amides is 1. The standard InChI is InChI=1S/C5H9NO4/c1-2-9-5(8)10-4-6-3-7/h3H,2,4H2,1H3,(H,6,7). The van der Waals surface area contributed by atoms with Crippen LogP contribution >= 0.6 is 0 Å². The molecule has 0 aliphatic heterocycles. The molecule has 0 spiro atoms. The Morgan fingerprint density at radius 1 is 1.60 bits per heavy atom. The molecule has 1 N–H and O–H groups in total. The second-order valence-corrected chi connectivity index (χ2v) is 1.29. The van der Waals surface area contributed by atoms with Gasteiger partial charge in [0.05, 0.1) is 6.61 Å². The highest BCUT2D eigenvalue weighted by molar-refractivity contribution is 5.60. The van der Waals surface area contributed by atoms with Gasteiger partial charge in [-0.05, 0) is 6.92 Å². The molecule has 0 saturated heterocycles. The highest BCUT2D eigenvalue weighted by atomic mass is 16.7. The van der Waals surface area contributed by atoms with Gasteiger partial charge in [0.1, 0.15) is 0 Å². The van der Waals surface area contributed by atoms with Crippen molar-refractivity contribution in [2.24, 2.45) is 0 Å². The van der Waals surface area contributed by atoms with Gasteiger partial charge in [-0.1, -0.05) is 0 Å². The van der Waals surface area contributed by atoms with Crippen LogP contribution < -0.4 is 5.32 Å². The predicted octanol–water partition coefficient (Wildman–Crippen LogP) is -0.137. The summed E-state index contributed by atoms with van der Waals surface area (Å²) in [5.74, 6) is 0. The van der Waals surface area contributed by atoms with E-state index in [0.29, 0.717) is 6.41 Å². The third-order valence-electron chi connectivity index (χ3n) is 0.619. The van der Waals surface area contributed by atoms with Crippen molar-refractivity contribution >= 4 is 12.6 Å². The molecule has 0 aromatic carbocycles. The lowest BCUT2D eigenvalue weighted by Gasteiger charge is -2.01. The monoisotopic (exact) mass is 147 g/mol. The highest BCUT2D eigenvalue weighted by Gasteiger charge is 1.98. The summed E-state index contributed by atoms with van der Waals surface area (Å²) in [6, 6.07) is 0. The molecule has 0 aliphatic carbocycles. The van der Waals surface area contributed by atoms with Crippen LogP contribution in [0, 0.1) is 0 Å². The Bertz CT molecular complexity index is 114. The zero-order valence-electron chi connectivity index (χ0n) is 5.62. The van der Waals surface area contributed by atoms with E-state index in [0.717, 1.165) is 0 Å². The fraction of sp³-hybridized carbons (Fsp3) is 0.600. The fourth-order valence-corrected chi connectivity index (χ4v) is 0.294. The molecule has 0 radical (unpaired) electrons. The van der Waals surface area contributed by atoms with E-state index in [2.05, 4.69) is 14.8 Å². The first-order chi connectivity index (χ1) is 4.81. The molecule has 1 amide bonds. The Morgan fingerprint density at radius 3 is 2.80 bits per heavy atom. The summed E-state index contributed by atoms with van der Waals surface area (Å²) in [4.78, 5) is 19.9. The molecule has 5 heteroatoms. The molecule has 0 heterocycles. The fourth-order valence-electron chi connectivity index (χ4n) is 0.294. The third-order valence-corrected chi connectivity index (χ3v) is 0.619. The van der Waals surface area contributed by atoms with Gasteiger partial charge in [-0.15, -0.1) is 0 Å². The maximum absolute atomic E-state index is 10.3. The molecule has 0 rings (SSSR count). The van der Waals surface area contributed by atoms with Crippen molar-refractivity contribution in [3.05, 3.63) is 0 Å². The summed E-state index contributed by atoms with van der Waals surface area (Å²) in [6.45, 7) is 1.77. The maximum Gasteiger partial charge on any atom is 0.509 e. The summed E-state index contributed by atoms with van der Waals surface area (Å²) in [7, 11) is 0. The van der Waals surface area contributed by atoms with Crippen molar-refractivity contribution < 1.29 is 19.1 Å². The quantitative estimate of drug-likeness (QED) is 0.260. The summed E-state index contributed by atoms with van der Waals surface area (Å²) in [5.41, 5.74) is 0. The number of nitrogens with one attached hydrogen (secondary N) is 1. The van der Waals surface area contributed by atoms with Crippen LogP contribution in [0.3, 0.4) is 0 Å². The van der Waals surface area contributed by atoms with Crippen LogP contribution in [0.5, 0.6) is 0 Å². The zero-order chi connectivity index (χ0) is 7.82. The SMILES string of the molecule is CCOC(=O)OCNC=O. The summed E-state index contributed by atoms with van der Waals surface area (Å²) < 4.78 is 8.69. The smallest absolute Gasteiger partial charge is 0.435 e. The van der Waals surface area contributed by atoms with Crippen molar-refractivity contribution in [3.8, 4) is 0 Å². The minimum absolute atomic E-state index is 0.150. The van der Waals surface area contributed by atoms with E-state index in [-0.39, 0.29) is 13.3 Å². The molecule has 0 unspecified atom stereocenters. The first-order valence-electron chi connectivity index (χ1n) is 2.77.